The van der Waals surface area contributed by atoms with Crippen molar-refractivity contribution in [3.8, 4) is 0 Å². The summed E-state index contributed by atoms with van der Waals surface area (Å²) in [5, 5.41) is 0. The minimum Gasteiger partial charge on any atom is -0.462 e. The first-order chi connectivity index (χ1) is 39.5. The van der Waals surface area contributed by atoms with E-state index in [9.17, 15) is 14.4 Å². The molecule has 0 fully saturated rings. The number of carbonyl (C=O) groups excluding carboxylic acids is 3. The van der Waals surface area contributed by atoms with Gasteiger partial charge < -0.3 is 14.2 Å². The summed E-state index contributed by atoms with van der Waals surface area (Å²) < 4.78 is 17.0. The molecule has 0 heterocycles. The van der Waals surface area contributed by atoms with Crippen LogP contribution in [0.3, 0.4) is 0 Å². The molecule has 0 aromatic carbocycles. The molecule has 0 saturated heterocycles. The van der Waals surface area contributed by atoms with E-state index in [1.807, 2.05) is 0 Å². The third-order valence-corrected chi connectivity index (χ3v) is 17.0. The summed E-state index contributed by atoms with van der Waals surface area (Å²) in [6, 6.07) is 0. The van der Waals surface area contributed by atoms with Crippen LogP contribution < -0.4 is 0 Å². The molecule has 0 amide bonds. The average molecular weight is 1130 g/mol. The van der Waals surface area contributed by atoms with Crippen LogP contribution in [0.4, 0.5) is 0 Å². The third kappa shape index (κ3) is 66.9. The predicted octanol–water partition coefficient (Wildman–Crippen LogP) is 25.2. The second kappa shape index (κ2) is 69.6. The monoisotopic (exact) mass is 1130 g/mol. The zero-order chi connectivity index (χ0) is 57.8. The molecule has 1 unspecified atom stereocenters. The summed E-state index contributed by atoms with van der Waals surface area (Å²) in [4.78, 5) is 38.4. The van der Waals surface area contributed by atoms with Crippen molar-refractivity contribution in [3.05, 3.63) is 12.2 Å². The highest BCUT2D eigenvalue weighted by Gasteiger charge is 2.20. The fourth-order valence-electron chi connectivity index (χ4n) is 11.5. The highest BCUT2D eigenvalue weighted by atomic mass is 16.6. The Morgan fingerprint density at radius 2 is 0.412 bits per heavy atom. The van der Waals surface area contributed by atoms with E-state index in [4.69, 9.17) is 14.2 Å². The van der Waals surface area contributed by atoms with Gasteiger partial charge in [-0.3, -0.25) is 14.4 Å². The van der Waals surface area contributed by atoms with E-state index in [-0.39, 0.29) is 31.1 Å². The van der Waals surface area contributed by atoms with E-state index >= 15 is 0 Å². The Kier molecular flexibility index (Phi) is 68.0. The molecular weight excluding hydrogens is 985 g/mol. The van der Waals surface area contributed by atoms with E-state index in [2.05, 4.69) is 32.9 Å². The van der Waals surface area contributed by atoms with Gasteiger partial charge in [-0.2, -0.15) is 0 Å². The molecular formula is C74H142O6. The zero-order valence-corrected chi connectivity index (χ0v) is 54.6. The molecule has 0 aliphatic heterocycles. The molecule has 0 N–H and O–H groups in total. The highest BCUT2D eigenvalue weighted by Crippen LogP contribution is 2.19. The topological polar surface area (TPSA) is 78.9 Å². The summed E-state index contributed by atoms with van der Waals surface area (Å²) in [7, 11) is 0. The lowest BCUT2D eigenvalue weighted by atomic mass is 10.0. The van der Waals surface area contributed by atoms with Crippen LogP contribution in [-0.2, 0) is 28.6 Å². The van der Waals surface area contributed by atoms with Crippen molar-refractivity contribution < 1.29 is 28.6 Å². The van der Waals surface area contributed by atoms with E-state index < -0.39 is 6.10 Å². The molecule has 0 aliphatic carbocycles. The van der Waals surface area contributed by atoms with Gasteiger partial charge in [-0.1, -0.05) is 373 Å². The standard InChI is InChI=1S/C74H142O6/c1-4-7-10-13-16-19-22-25-27-29-31-33-35-36-37-38-40-41-43-45-47-49-52-55-58-61-64-67-73(76)79-70-71(69-78-72(75)66-63-60-57-54-51-24-21-18-15-12-9-6-3)80-74(77)68-65-62-59-56-53-50-48-46-44-42-39-34-32-30-28-26-23-20-17-14-11-8-5-2/h30,32,71H,4-29,31,33-70H2,1-3H3/b32-30-. The lowest BCUT2D eigenvalue weighted by molar-refractivity contribution is -0.167. The lowest BCUT2D eigenvalue weighted by Crippen LogP contribution is -2.30. The minimum atomic E-state index is -0.767. The number of hydrogen-bond acceptors (Lipinski definition) is 6. The molecule has 0 spiro atoms. The number of rotatable bonds is 69. The SMILES string of the molecule is CCCCCCCCCC/C=C\CCCCCCCCCCCCCC(=O)OC(COC(=O)CCCCCCCCCCCCCC)COC(=O)CCCCCCCCCCCCCCCCCCCCCCCCCCCCC. The third-order valence-electron chi connectivity index (χ3n) is 17.0. The van der Waals surface area contributed by atoms with Gasteiger partial charge in [-0.05, 0) is 44.9 Å². The van der Waals surface area contributed by atoms with Crippen molar-refractivity contribution in [2.75, 3.05) is 13.2 Å². The first kappa shape index (κ1) is 78.1. The lowest BCUT2D eigenvalue weighted by Gasteiger charge is -2.18. The molecule has 0 aromatic rings. The molecule has 1 atom stereocenters. The zero-order valence-electron chi connectivity index (χ0n) is 54.6. The summed E-state index contributed by atoms with van der Waals surface area (Å²) >= 11 is 0. The number of allylic oxidation sites excluding steroid dienone is 2. The maximum Gasteiger partial charge on any atom is 0.306 e. The second-order valence-electron chi connectivity index (χ2n) is 25.2. The Labute approximate surface area is 501 Å². The van der Waals surface area contributed by atoms with Gasteiger partial charge in [0, 0.05) is 19.3 Å². The van der Waals surface area contributed by atoms with Gasteiger partial charge >= 0.3 is 17.9 Å². The quantitative estimate of drug-likeness (QED) is 0.0261. The largest absolute Gasteiger partial charge is 0.462 e. The van der Waals surface area contributed by atoms with Crippen molar-refractivity contribution >= 4 is 17.9 Å². The molecule has 474 valence electrons. The van der Waals surface area contributed by atoms with Crippen LogP contribution in [-0.4, -0.2) is 37.2 Å². The van der Waals surface area contributed by atoms with Gasteiger partial charge in [0.1, 0.15) is 13.2 Å². The van der Waals surface area contributed by atoms with Crippen molar-refractivity contribution in [1.29, 1.82) is 0 Å². The van der Waals surface area contributed by atoms with Gasteiger partial charge in [0.2, 0.25) is 0 Å². The molecule has 0 bridgehead atoms. The Balaban J connectivity index is 4.16. The second-order valence-corrected chi connectivity index (χ2v) is 25.2. The number of ether oxygens (including phenoxy) is 3. The van der Waals surface area contributed by atoms with Crippen molar-refractivity contribution in [3.63, 3.8) is 0 Å². The fraction of sp³-hybridized carbons (Fsp3) is 0.932. The first-order valence-electron chi connectivity index (χ1n) is 36.7. The van der Waals surface area contributed by atoms with Gasteiger partial charge in [-0.15, -0.1) is 0 Å². The Hall–Kier alpha value is -1.85. The predicted molar refractivity (Wildman–Crippen MR) is 349 cm³/mol. The maximum atomic E-state index is 13.0. The summed E-state index contributed by atoms with van der Waals surface area (Å²) in [6.07, 6.45) is 84.0. The summed E-state index contributed by atoms with van der Waals surface area (Å²) in [5.41, 5.74) is 0. The van der Waals surface area contributed by atoms with Gasteiger partial charge in [0.25, 0.3) is 0 Å². The van der Waals surface area contributed by atoms with Crippen LogP contribution in [0.15, 0.2) is 12.2 Å². The van der Waals surface area contributed by atoms with Crippen LogP contribution >= 0.6 is 0 Å². The number of unbranched alkanes of at least 4 members (excludes halogenated alkanes) is 56. The van der Waals surface area contributed by atoms with E-state index in [1.165, 1.54) is 327 Å². The summed E-state index contributed by atoms with van der Waals surface area (Å²) in [6.45, 7) is 6.73. The minimum absolute atomic E-state index is 0.0631. The molecule has 0 saturated carbocycles. The van der Waals surface area contributed by atoms with Crippen molar-refractivity contribution in [2.45, 2.75) is 431 Å². The molecule has 0 radical (unpaired) electrons. The highest BCUT2D eigenvalue weighted by molar-refractivity contribution is 5.71. The van der Waals surface area contributed by atoms with Crippen molar-refractivity contribution in [2.24, 2.45) is 0 Å². The molecule has 6 heteroatoms. The normalized spacial score (nSPS) is 12.0. The van der Waals surface area contributed by atoms with Crippen LogP contribution in [0.2, 0.25) is 0 Å². The Morgan fingerprint density at radius 1 is 0.237 bits per heavy atom. The van der Waals surface area contributed by atoms with Gasteiger partial charge in [0.15, 0.2) is 6.10 Å². The number of hydrogen-bond donors (Lipinski definition) is 0. The molecule has 80 heavy (non-hydrogen) atoms. The molecule has 0 aromatic heterocycles. The number of carbonyl (C=O) groups is 3. The number of esters is 3. The fourth-order valence-corrected chi connectivity index (χ4v) is 11.5. The Morgan fingerprint density at radius 3 is 0.625 bits per heavy atom. The van der Waals surface area contributed by atoms with E-state index in [0.29, 0.717) is 19.3 Å². The average Bonchev–Trinajstić information content (AvgIpc) is 3.46. The smallest absolute Gasteiger partial charge is 0.306 e. The first-order valence-corrected chi connectivity index (χ1v) is 36.7. The van der Waals surface area contributed by atoms with E-state index in [1.54, 1.807) is 0 Å². The van der Waals surface area contributed by atoms with Gasteiger partial charge in [0.05, 0.1) is 0 Å². The molecule has 0 aliphatic rings. The van der Waals surface area contributed by atoms with Crippen LogP contribution in [0.1, 0.15) is 425 Å². The van der Waals surface area contributed by atoms with Crippen LogP contribution in [0.5, 0.6) is 0 Å². The molecule has 0 rings (SSSR count). The van der Waals surface area contributed by atoms with Crippen LogP contribution in [0.25, 0.3) is 0 Å². The maximum absolute atomic E-state index is 13.0. The van der Waals surface area contributed by atoms with Crippen LogP contribution in [0, 0.1) is 0 Å². The summed E-state index contributed by atoms with van der Waals surface area (Å²) in [5.74, 6) is -0.828. The van der Waals surface area contributed by atoms with Gasteiger partial charge in [-0.25, -0.2) is 0 Å². The van der Waals surface area contributed by atoms with E-state index in [0.717, 1.165) is 57.8 Å². The van der Waals surface area contributed by atoms with Crippen molar-refractivity contribution in [1.82, 2.24) is 0 Å². The molecule has 6 nitrogen and oxygen atoms in total. The Bertz CT molecular complexity index is 1250.